The average Bonchev–Trinajstić information content (AvgIpc) is 2.18. The zero-order chi connectivity index (χ0) is 11.7. The van der Waals surface area contributed by atoms with Crippen molar-refractivity contribution in [2.24, 2.45) is 0 Å². The Hall–Kier alpha value is -1.30. The van der Waals surface area contributed by atoms with Gasteiger partial charge in [-0.3, -0.25) is 0 Å². The maximum absolute atomic E-state index is 11.0. The molecule has 0 fully saturated rings. The lowest BCUT2D eigenvalue weighted by Gasteiger charge is -2.08. The monoisotopic (exact) mass is 218 g/mol. The molecule has 6 nitrogen and oxygen atoms in total. The van der Waals surface area contributed by atoms with Crippen LogP contribution in [0.3, 0.4) is 0 Å². The van der Waals surface area contributed by atoms with Gasteiger partial charge in [0.05, 0.1) is 0 Å². The molecule has 0 saturated carbocycles. The number of carboxylic acids is 1. The third-order valence-electron chi connectivity index (χ3n) is 1.80. The summed E-state index contributed by atoms with van der Waals surface area (Å²) in [4.78, 5) is 21.2. The van der Waals surface area contributed by atoms with Crippen molar-refractivity contribution in [3.05, 3.63) is 0 Å². The van der Waals surface area contributed by atoms with Crippen molar-refractivity contribution < 1.29 is 19.8 Å². The van der Waals surface area contributed by atoms with Gasteiger partial charge in [-0.25, -0.2) is 9.59 Å². The second-order valence-corrected chi connectivity index (χ2v) is 3.18. The molecule has 0 bridgehead atoms. The Morgan fingerprint density at radius 3 is 2.40 bits per heavy atom. The molecule has 6 heteroatoms. The summed E-state index contributed by atoms with van der Waals surface area (Å²) in [5, 5.41) is 22.3. The van der Waals surface area contributed by atoms with Crippen molar-refractivity contribution in [3.63, 3.8) is 0 Å². The first-order valence-corrected chi connectivity index (χ1v) is 5.00. The van der Waals surface area contributed by atoms with Gasteiger partial charge >= 0.3 is 12.0 Å². The fourth-order valence-electron chi connectivity index (χ4n) is 0.887. The van der Waals surface area contributed by atoms with E-state index in [0.29, 0.717) is 6.54 Å². The summed E-state index contributed by atoms with van der Waals surface area (Å²) in [6.07, 6.45) is 0.501. The number of carboxylic acid groups (broad SMARTS) is 1. The third-order valence-corrected chi connectivity index (χ3v) is 1.80. The first-order chi connectivity index (χ1) is 7.07. The number of unbranched alkanes of at least 4 members (excludes halogenated alkanes) is 1. The highest BCUT2D eigenvalue weighted by Gasteiger charge is 2.12. The Balaban J connectivity index is 3.42. The lowest BCUT2D eigenvalue weighted by Crippen LogP contribution is -2.38. The number of nitrogens with one attached hydrogen (secondary N) is 2. The zero-order valence-corrected chi connectivity index (χ0v) is 8.82. The van der Waals surface area contributed by atoms with Crippen LogP contribution in [0.4, 0.5) is 4.79 Å². The molecule has 0 unspecified atom stereocenters. The topological polar surface area (TPSA) is 98.7 Å². The molecule has 88 valence electrons. The van der Waals surface area contributed by atoms with E-state index in [-0.39, 0.29) is 19.0 Å². The first kappa shape index (κ1) is 13.7. The van der Waals surface area contributed by atoms with Gasteiger partial charge in [0, 0.05) is 19.5 Å². The number of urea groups is 1. The summed E-state index contributed by atoms with van der Waals surface area (Å²) in [6, 6.07) is -0.332. The molecule has 0 aromatic carbocycles. The first-order valence-electron chi connectivity index (χ1n) is 5.00. The highest BCUT2D eigenvalue weighted by molar-refractivity contribution is 5.74. The standard InChI is InChI=1S/C9H18N2O4/c1-2-3-5-10-9(15)11-6-4-7(12)8(13)14/h7,12H,2-6H2,1H3,(H,13,14)(H2,10,11,15)/t7-/m0/s1. The van der Waals surface area contributed by atoms with Crippen LogP contribution in [-0.4, -0.2) is 41.4 Å². The molecule has 0 spiro atoms. The molecule has 0 aromatic rings. The number of rotatable bonds is 7. The quantitative estimate of drug-likeness (QED) is 0.449. The molecule has 2 amide bonds. The van der Waals surface area contributed by atoms with E-state index >= 15 is 0 Å². The highest BCUT2D eigenvalue weighted by atomic mass is 16.4. The van der Waals surface area contributed by atoms with E-state index in [1.807, 2.05) is 6.92 Å². The number of hydrogen-bond donors (Lipinski definition) is 4. The van der Waals surface area contributed by atoms with Gasteiger partial charge in [0.15, 0.2) is 6.10 Å². The van der Waals surface area contributed by atoms with Gasteiger partial charge in [0.1, 0.15) is 0 Å². The Kier molecular flexibility index (Phi) is 7.35. The minimum atomic E-state index is -1.42. The Bertz CT molecular complexity index is 208. The van der Waals surface area contributed by atoms with Crippen LogP contribution < -0.4 is 10.6 Å². The summed E-state index contributed by atoms with van der Waals surface area (Å²) in [6.45, 7) is 2.76. The van der Waals surface area contributed by atoms with E-state index in [0.717, 1.165) is 12.8 Å². The maximum Gasteiger partial charge on any atom is 0.332 e. The van der Waals surface area contributed by atoms with Crippen molar-refractivity contribution in [2.45, 2.75) is 32.3 Å². The Labute approximate surface area is 88.7 Å². The number of aliphatic hydroxyl groups is 1. The number of carbonyl (C=O) groups is 2. The maximum atomic E-state index is 11.0. The number of hydrogen-bond acceptors (Lipinski definition) is 3. The van der Waals surface area contributed by atoms with Gasteiger partial charge in [-0.05, 0) is 6.42 Å². The third kappa shape index (κ3) is 7.75. The molecule has 15 heavy (non-hydrogen) atoms. The highest BCUT2D eigenvalue weighted by Crippen LogP contribution is 1.89. The number of amides is 2. The van der Waals surface area contributed by atoms with Crippen molar-refractivity contribution >= 4 is 12.0 Å². The molecular weight excluding hydrogens is 200 g/mol. The summed E-state index contributed by atoms with van der Waals surface area (Å²) in [5.74, 6) is -1.27. The number of carbonyl (C=O) groups excluding carboxylic acids is 1. The van der Waals surface area contributed by atoms with Gasteiger partial charge in [-0.2, -0.15) is 0 Å². The summed E-state index contributed by atoms with van der Waals surface area (Å²) < 4.78 is 0. The Morgan fingerprint density at radius 1 is 1.27 bits per heavy atom. The normalized spacial score (nSPS) is 11.9. The van der Waals surface area contributed by atoms with Crippen molar-refractivity contribution in [1.29, 1.82) is 0 Å². The van der Waals surface area contributed by atoms with Gasteiger partial charge in [-0.15, -0.1) is 0 Å². The van der Waals surface area contributed by atoms with E-state index in [9.17, 15) is 9.59 Å². The Morgan fingerprint density at radius 2 is 1.87 bits per heavy atom. The predicted molar refractivity (Wildman–Crippen MR) is 54.6 cm³/mol. The summed E-state index contributed by atoms with van der Waals surface area (Å²) in [7, 11) is 0. The fraction of sp³-hybridized carbons (Fsp3) is 0.778. The van der Waals surface area contributed by atoms with Gasteiger partial charge < -0.3 is 20.8 Å². The molecule has 4 N–H and O–H groups in total. The molecule has 0 rings (SSSR count). The van der Waals surface area contributed by atoms with Gasteiger partial charge in [0.25, 0.3) is 0 Å². The zero-order valence-electron chi connectivity index (χ0n) is 8.82. The fourth-order valence-corrected chi connectivity index (χ4v) is 0.887. The molecule has 0 aromatic heterocycles. The minimum Gasteiger partial charge on any atom is -0.479 e. The molecular formula is C9H18N2O4. The number of aliphatic carboxylic acids is 1. The van der Waals surface area contributed by atoms with Crippen LogP contribution in [0.2, 0.25) is 0 Å². The smallest absolute Gasteiger partial charge is 0.332 e. The predicted octanol–water partition coefficient (Wildman–Crippen LogP) is -0.0787. The lowest BCUT2D eigenvalue weighted by atomic mass is 10.2. The van der Waals surface area contributed by atoms with E-state index in [1.54, 1.807) is 0 Å². The second kappa shape index (κ2) is 8.05. The van der Waals surface area contributed by atoms with Crippen LogP contribution in [0.15, 0.2) is 0 Å². The van der Waals surface area contributed by atoms with Crippen LogP contribution in [0.25, 0.3) is 0 Å². The van der Waals surface area contributed by atoms with Crippen LogP contribution in [0.1, 0.15) is 26.2 Å². The van der Waals surface area contributed by atoms with E-state index in [2.05, 4.69) is 10.6 Å². The molecule has 0 heterocycles. The van der Waals surface area contributed by atoms with Crippen molar-refractivity contribution in [3.8, 4) is 0 Å². The SMILES string of the molecule is CCCCNC(=O)NCC[C@H](O)C(=O)O. The van der Waals surface area contributed by atoms with E-state index in [4.69, 9.17) is 10.2 Å². The van der Waals surface area contributed by atoms with Crippen molar-refractivity contribution in [2.75, 3.05) is 13.1 Å². The van der Waals surface area contributed by atoms with Crippen molar-refractivity contribution in [1.82, 2.24) is 10.6 Å². The second-order valence-electron chi connectivity index (χ2n) is 3.18. The summed E-state index contributed by atoms with van der Waals surface area (Å²) >= 11 is 0. The number of aliphatic hydroxyl groups excluding tert-OH is 1. The molecule has 0 saturated heterocycles. The lowest BCUT2D eigenvalue weighted by molar-refractivity contribution is -0.146. The molecule has 0 aliphatic heterocycles. The van der Waals surface area contributed by atoms with E-state index in [1.165, 1.54) is 0 Å². The molecule has 0 radical (unpaired) electrons. The van der Waals surface area contributed by atoms with Crippen LogP contribution in [0, 0.1) is 0 Å². The average molecular weight is 218 g/mol. The van der Waals surface area contributed by atoms with Crippen LogP contribution in [0.5, 0.6) is 0 Å². The minimum absolute atomic E-state index is 0.0104. The van der Waals surface area contributed by atoms with Gasteiger partial charge in [0.2, 0.25) is 0 Å². The van der Waals surface area contributed by atoms with Crippen LogP contribution >= 0.6 is 0 Å². The largest absolute Gasteiger partial charge is 0.479 e. The van der Waals surface area contributed by atoms with E-state index < -0.39 is 12.1 Å². The molecule has 0 aliphatic carbocycles. The summed E-state index contributed by atoms with van der Waals surface area (Å²) in [5.41, 5.74) is 0. The molecule has 0 aliphatic rings. The van der Waals surface area contributed by atoms with Gasteiger partial charge in [-0.1, -0.05) is 13.3 Å². The van der Waals surface area contributed by atoms with Crippen LogP contribution in [-0.2, 0) is 4.79 Å². The molecule has 1 atom stereocenters.